The van der Waals surface area contributed by atoms with Gasteiger partial charge in [-0.25, -0.2) is 10.0 Å². The molecular weight excluding hydrogens is 753 g/mol. The van der Waals surface area contributed by atoms with E-state index < -0.39 is 10.0 Å². The SMILES string of the molecule is CC1=Cc2c(-c3cc(C)cc(C)c3)c3c(c(-c4cc(C)cc(C)c4)c2C1S(C)(C)C1C(C)=Cc2c(-c4cc(C)cc(C)c4)c4c(c(-c5cc(C)cc(C)c5)c21)CCC4)CCC3. The Labute approximate surface area is 368 Å². The fourth-order valence-electron chi connectivity index (χ4n) is 13.2. The van der Waals surface area contributed by atoms with Gasteiger partial charge in [0.05, 0.1) is 0 Å². The van der Waals surface area contributed by atoms with E-state index in [0.717, 1.165) is 25.7 Å². The first-order chi connectivity index (χ1) is 29.1. The van der Waals surface area contributed by atoms with Crippen LogP contribution in [0, 0.1) is 55.4 Å². The first-order valence-electron chi connectivity index (χ1n) is 22.9. The maximum absolute atomic E-state index is 2.73. The van der Waals surface area contributed by atoms with E-state index in [2.05, 4.69) is 167 Å². The van der Waals surface area contributed by atoms with Crippen LogP contribution in [-0.4, -0.2) is 12.5 Å². The average Bonchev–Trinajstić information content (AvgIpc) is 3.96. The summed E-state index contributed by atoms with van der Waals surface area (Å²) >= 11 is 0. The van der Waals surface area contributed by atoms with Crippen LogP contribution in [-0.2, 0) is 25.7 Å². The molecule has 0 aromatic heterocycles. The van der Waals surface area contributed by atoms with Crippen molar-refractivity contribution in [2.45, 2.75) is 118 Å². The number of fused-ring (bicyclic) bond motifs is 4. The smallest absolute Gasteiger partial charge is 0.0367 e. The van der Waals surface area contributed by atoms with Crippen LogP contribution in [0.5, 0.6) is 0 Å². The Morgan fingerprint density at radius 1 is 0.344 bits per heavy atom. The van der Waals surface area contributed by atoms with E-state index >= 15 is 0 Å². The third kappa shape index (κ3) is 6.47. The molecule has 61 heavy (non-hydrogen) atoms. The van der Waals surface area contributed by atoms with Gasteiger partial charge >= 0.3 is 0 Å². The zero-order valence-electron chi connectivity index (χ0n) is 38.9. The fourth-order valence-corrected chi connectivity index (χ4v) is 17.2. The lowest BCUT2D eigenvalue weighted by Gasteiger charge is -2.47. The van der Waals surface area contributed by atoms with Crippen molar-refractivity contribution in [3.63, 3.8) is 0 Å². The van der Waals surface area contributed by atoms with Gasteiger partial charge < -0.3 is 0 Å². The van der Waals surface area contributed by atoms with Crippen LogP contribution in [0.3, 0.4) is 0 Å². The molecule has 2 atom stereocenters. The zero-order chi connectivity index (χ0) is 42.8. The van der Waals surface area contributed by atoms with Gasteiger partial charge in [0.15, 0.2) is 0 Å². The Morgan fingerprint density at radius 2 is 0.590 bits per heavy atom. The summed E-state index contributed by atoms with van der Waals surface area (Å²) in [5.74, 6) is 0. The van der Waals surface area contributed by atoms with Crippen molar-refractivity contribution in [1.29, 1.82) is 0 Å². The zero-order valence-corrected chi connectivity index (χ0v) is 39.7. The molecule has 0 heterocycles. The van der Waals surface area contributed by atoms with Crippen molar-refractivity contribution < 1.29 is 0 Å². The molecule has 6 aromatic rings. The highest BCUT2D eigenvalue weighted by Gasteiger charge is 2.47. The van der Waals surface area contributed by atoms with E-state index in [1.807, 2.05) is 0 Å². The second-order valence-electron chi connectivity index (χ2n) is 20.3. The van der Waals surface area contributed by atoms with Crippen LogP contribution >= 0.6 is 10.0 Å². The molecule has 4 aliphatic rings. The molecule has 0 nitrogen and oxygen atoms in total. The van der Waals surface area contributed by atoms with Gasteiger partial charge in [0.1, 0.15) is 0 Å². The molecule has 310 valence electrons. The van der Waals surface area contributed by atoms with Gasteiger partial charge in [-0.1, -0.05) is 141 Å². The molecule has 0 radical (unpaired) electrons. The highest BCUT2D eigenvalue weighted by Crippen LogP contribution is 2.75. The van der Waals surface area contributed by atoms with Gasteiger partial charge in [-0.3, -0.25) is 0 Å². The Bertz CT molecular complexity index is 2660. The lowest BCUT2D eigenvalue weighted by Crippen LogP contribution is -2.19. The molecule has 0 aliphatic heterocycles. The summed E-state index contributed by atoms with van der Waals surface area (Å²) in [5.41, 5.74) is 38.4. The predicted molar refractivity (Wildman–Crippen MR) is 269 cm³/mol. The van der Waals surface area contributed by atoms with Crippen LogP contribution in [0.15, 0.2) is 83.9 Å². The van der Waals surface area contributed by atoms with Crippen molar-refractivity contribution in [1.82, 2.24) is 0 Å². The topological polar surface area (TPSA) is 0 Å². The maximum Gasteiger partial charge on any atom is 0.0367 e. The molecule has 2 unspecified atom stereocenters. The van der Waals surface area contributed by atoms with Gasteiger partial charge in [0, 0.05) is 10.5 Å². The molecule has 10 rings (SSSR count). The summed E-state index contributed by atoms with van der Waals surface area (Å²) < 4.78 is 0. The third-order valence-corrected chi connectivity index (χ3v) is 18.3. The molecule has 0 spiro atoms. The third-order valence-electron chi connectivity index (χ3n) is 14.7. The minimum atomic E-state index is -1.47. The van der Waals surface area contributed by atoms with Crippen molar-refractivity contribution >= 4 is 22.2 Å². The van der Waals surface area contributed by atoms with E-state index in [0.29, 0.717) is 10.5 Å². The second-order valence-corrected chi connectivity index (χ2v) is 24.2. The molecule has 0 saturated heterocycles. The van der Waals surface area contributed by atoms with Crippen molar-refractivity contribution in [3.05, 3.63) is 173 Å². The Morgan fingerprint density at radius 3 is 0.869 bits per heavy atom. The first-order valence-corrected chi connectivity index (χ1v) is 25.5. The maximum atomic E-state index is 2.73. The van der Waals surface area contributed by atoms with Crippen LogP contribution in [0.1, 0.15) is 126 Å². The number of aryl methyl sites for hydroxylation is 8. The summed E-state index contributed by atoms with van der Waals surface area (Å²) in [6.45, 7) is 23.3. The summed E-state index contributed by atoms with van der Waals surface area (Å²) in [6.07, 6.45) is 17.8. The number of hydrogen-bond acceptors (Lipinski definition) is 0. The van der Waals surface area contributed by atoms with E-state index in [-0.39, 0.29) is 0 Å². The van der Waals surface area contributed by atoms with E-state index in [4.69, 9.17) is 0 Å². The van der Waals surface area contributed by atoms with Gasteiger partial charge in [-0.05, 0) is 209 Å². The number of rotatable bonds is 6. The fraction of sp³-hybridized carbons (Fsp3) is 0.333. The van der Waals surface area contributed by atoms with Crippen LogP contribution in [0.4, 0.5) is 0 Å². The van der Waals surface area contributed by atoms with Crippen molar-refractivity contribution in [2.75, 3.05) is 12.5 Å². The van der Waals surface area contributed by atoms with Crippen LogP contribution in [0.2, 0.25) is 0 Å². The lowest BCUT2D eigenvalue weighted by atomic mass is 9.82. The number of benzene rings is 6. The molecule has 0 bridgehead atoms. The Hall–Kier alpha value is -4.85. The summed E-state index contributed by atoms with van der Waals surface area (Å²) in [7, 11) is -1.47. The van der Waals surface area contributed by atoms with E-state index in [1.54, 1.807) is 55.7 Å². The lowest BCUT2D eigenvalue weighted by molar-refractivity contribution is 0.912. The van der Waals surface area contributed by atoms with Crippen LogP contribution in [0.25, 0.3) is 56.7 Å². The quantitative estimate of drug-likeness (QED) is 0.157. The van der Waals surface area contributed by atoms with Crippen molar-refractivity contribution in [3.8, 4) is 44.5 Å². The molecule has 0 fully saturated rings. The summed E-state index contributed by atoms with van der Waals surface area (Å²) in [4.78, 5) is 0. The first kappa shape index (κ1) is 40.2. The Kier molecular flexibility index (Phi) is 9.65. The molecule has 4 aliphatic carbocycles. The predicted octanol–water partition coefficient (Wildman–Crippen LogP) is 16.5. The second kappa shape index (κ2) is 14.6. The highest BCUT2D eigenvalue weighted by molar-refractivity contribution is 8.33. The minimum absolute atomic E-state index is 0.318. The monoisotopic (exact) mass is 816 g/mol. The molecular formula is C60H64S. The van der Waals surface area contributed by atoms with E-state index in [9.17, 15) is 0 Å². The van der Waals surface area contributed by atoms with Crippen molar-refractivity contribution in [2.24, 2.45) is 0 Å². The largest absolute Gasteiger partial charge is 0.226 e. The molecule has 0 saturated carbocycles. The summed E-state index contributed by atoms with van der Waals surface area (Å²) in [5, 5.41) is 0.636. The normalized spacial score (nSPS) is 17.9. The molecule has 0 amide bonds. The highest BCUT2D eigenvalue weighted by atomic mass is 32.3. The number of hydrogen-bond donors (Lipinski definition) is 0. The Balaban J connectivity index is 1.29. The average molecular weight is 817 g/mol. The molecule has 1 heteroatoms. The van der Waals surface area contributed by atoms with E-state index in [1.165, 1.54) is 102 Å². The summed E-state index contributed by atoms with van der Waals surface area (Å²) in [6, 6.07) is 29.3. The van der Waals surface area contributed by atoms with Gasteiger partial charge in [0.25, 0.3) is 0 Å². The van der Waals surface area contributed by atoms with Gasteiger partial charge in [0.2, 0.25) is 0 Å². The van der Waals surface area contributed by atoms with Gasteiger partial charge in [-0.2, -0.15) is 0 Å². The minimum Gasteiger partial charge on any atom is -0.226 e. The molecule has 6 aromatic carbocycles. The van der Waals surface area contributed by atoms with Crippen LogP contribution < -0.4 is 0 Å². The standard InChI is InChI=1S/C60H64S/c1-33-19-34(2)24-43(23-33)53-47-15-13-17-49(47)55(45-27-37(5)21-38(6)28-45)57-51(53)31-41(9)59(57)61(11,12)60-42(10)32-52-54(44-25-35(3)20-36(4)26-44)48-16-14-18-50(48)56(58(52)60)46-29-39(7)22-40(8)30-46/h19-32,59-60H,13-18H2,1-12H3. The van der Waals surface area contributed by atoms with Gasteiger partial charge in [-0.15, -0.1) is 0 Å². The molecule has 0 N–H and O–H groups in total.